The number of aliphatic hydroxyl groups is 1. The number of ether oxygens (including phenoxy) is 1. The molecule has 2 nitrogen and oxygen atoms in total. The molecule has 0 bridgehead atoms. The van der Waals surface area contributed by atoms with Crippen LogP contribution in [0.4, 0.5) is 0 Å². The predicted molar refractivity (Wildman–Crippen MR) is 89.9 cm³/mol. The zero-order valence-corrected chi connectivity index (χ0v) is 13.7. The van der Waals surface area contributed by atoms with E-state index in [2.05, 4.69) is 22.0 Å². The van der Waals surface area contributed by atoms with Gasteiger partial charge in [-0.05, 0) is 43.5 Å². The summed E-state index contributed by atoms with van der Waals surface area (Å²) in [6.07, 6.45) is 5.19. The Labute approximate surface area is 134 Å². The summed E-state index contributed by atoms with van der Waals surface area (Å²) < 4.78 is 7.09. The van der Waals surface area contributed by atoms with Gasteiger partial charge in [0.05, 0.1) is 0 Å². The smallest absolute Gasteiger partial charge is 0.131 e. The quantitative estimate of drug-likeness (QED) is 0.652. The van der Waals surface area contributed by atoms with E-state index in [1.165, 1.54) is 5.56 Å². The summed E-state index contributed by atoms with van der Waals surface area (Å²) in [6.45, 7) is 0.289. The van der Waals surface area contributed by atoms with E-state index in [9.17, 15) is 0 Å². The molecule has 2 aromatic carbocycles. The summed E-state index contributed by atoms with van der Waals surface area (Å²) in [4.78, 5) is 0. The van der Waals surface area contributed by atoms with Gasteiger partial charge in [-0.2, -0.15) is 0 Å². The molecule has 0 saturated carbocycles. The molecule has 0 saturated heterocycles. The molecule has 3 heteroatoms. The number of unbranched alkanes of at least 4 members (excludes halogenated alkanes) is 3. The second-order valence-electron chi connectivity index (χ2n) is 5.02. The van der Waals surface area contributed by atoms with Crippen molar-refractivity contribution in [3.05, 3.63) is 58.6 Å². The third-order valence-electron chi connectivity index (χ3n) is 3.38. The summed E-state index contributed by atoms with van der Waals surface area (Å²) in [5.41, 5.74) is 1.21. The molecule has 0 radical (unpaired) electrons. The Hall–Kier alpha value is -1.32. The minimum atomic E-state index is 0.289. The van der Waals surface area contributed by atoms with Gasteiger partial charge in [-0.3, -0.25) is 0 Å². The Kier molecular flexibility index (Phi) is 6.77. The van der Waals surface area contributed by atoms with Crippen molar-refractivity contribution in [2.24, 2.45) is 0 Å². The molecule has 0 aromatic heterocycles. The standard InChI is InChI=1S/C18H21BrO2/c19-17-12-8-13-18(21-15-9-4-3-5-10-15)16(17)11-6-1-2-7-14-20/h3-5,8-10,12-13,20H,1-2,6-7,11,14H2. The molecule has 2 aromatic rings. The molecule has 1 N–H and O–H groups in total. The average Bonchev–Trinajstić information content (AvgIpc) is 2.50. The molecule has 112 valence electrons. The van der Waals surface area contributed by atoms with E-state index >= 15 is 0 Å². The van der Waals surface area contributed by atoms with E-state index in [0.29, 0.717) is 0 Å². The zero-order valence-electron chi connectivity index (χ0n) is 12.1. The number of aliphatic hydroxyl groups excluding tert-OH is 1. The molecule has 0 heterocycles. The fourth-order valence-electron chi connectivity index (χ4n) is 2.26. The number of para-hydroxylation sites is 1. The molecule has 0 fully saturated rings. The molecular weight excluding hydrogens is 328 g/mol. The predicted octanol–water partition coefficient (Wildman–Crippen LogP) is 5.34. The van der Waals surface area contributed by atoms with Gasteiger partial charge >= 0.3 is 0 Å². The Morgan fingerprint density at radius 2 is 1.62 bits per heavy atom. The van der Waals surface area contributed by atoms with Crippen molar-refractivity contribution in [2.75, 3.05) is 6.61 Å². The monoisotopic (exact) mass is 348 g/mol. The summed E-state index contributed by atoms with van der Waals surface area (Å²) in [6, 6.07) is 15.9. The summed E-state index contributed by atoms with van der Waals surface area (Å²) in [7, 11) is 0. The number of hydrogen-bond donors (Lipinski definition) is 1. The number of benzene rings is 2. The number of hydrogen-bond acceptors (Lipinski definition) is 2. The Morgan fingerprint density at radius 1 is 0.857 bits per heavy atom. The summed E-state index contributed by atoms with van der Waals surface area (Å²) >= 11 is 3.62. The lowest BCUT2D eigenvalue weighted by Crippen LogP contribution is -1.94. The Bertz CT molecular complexity index is 540. The normalized spacial score (nSPS) is 10.6. The van der Waals surface area contributed by atoms with Crippen LogP contribution in [0.25, 0.3) is 0 Å². The van der Waals surface area contributed by atoms with Crippen LogP contribution in [0.2, 0.25) is 0 Å². The van der Waals surface area contributed by atoms with Crippen LogP contribution in [0.3, 0.4) is 0 Å². The number of rotatable bonds is 8. The lowest BCUT2D eigenvalue weighted by molar-refractivity contribution is 0.282. The van der Waals surface area contributed by atoms with E-state index in [1.807, 2.05) is 42.5 Å². The first kappa shape index (κ1) is 16.1. The lowest BCUT2D eigenvalue weighted by atomic mass is 10.1. The van der Waals surface area contributed by atoms with Crippen LogP contribution < -0.4 is 4.74 Å². The molecule has 0 aliphatic rings. The topological polar surface area (TPSA) is 29.5 Å². The second-order valence-corrected chi connectivity index (χ2v) is 5.87. The van der Waals surface area contributed by atoms with Crippen LogP contribution >= 0.6 is 15.9 Å². The van der Waals surface area contributed by atoms with E-state index in [4.69, 9.17) is 9.84 Å². The van der Waals surface area contributed by atoms with Crippen LogP contribution in [0.15, 0.2) is 53.0 Å². The van der Waals surface area contributed by atoms with Crippen LogP contribution in [-0.2, 0) is 6.42 Å². The Morgan fingerprint density at radius 3 is 2.38 bits per heavy atom. The van der Waals surface area contributed by atoms with Gasteiger partial charge in [-0.25, -0.2) is 0 Å². The fraction of sp³-hybridized carbons (Fsp3) is 0.333. The van der Waals surface area contributed by atoms with Crippen LogP contribution in [0.5, 0.6) is 11.5 Å². The first-order valence-electron chi connectivity index (χ1n) is 7.42. The van der Waals surface area contributed by atoms with Gasteiger partial charge in [0, 0.05) is 16.6 Å². The van der Waals surface area contributed by atoms with Gasteiger partial charge in [0.2, 0.25) is 0 Å². The highest BCUT2D eigenvalue weighted by atomic mass is 79.9. The molecule has 0 aliphatic heterocycles. The summed E-state index contributed by atoms with van der Waals surface area (Å²) in [5.74, 6) is 1.77. The maximum atomic E-state index is 8.81. The van der Waals surface area contributed by atoms with Gasteiger partial charge in [-0.1, -0.05) is 53.0 Å². The SMILES string of the molecule is OCCCCCCc1c(Br)cccc1Oc1ccccc1. The minimum Gasteiger partial charge on any atom is -0.457 e. The highest BCUT2D eigenvalue weighted by Crippen LogP contribution is 2.32. The van der Waals surface area contributed by atoms with Gasteiger partial charge in [0.1, 0.15) is 11.5 Å². The lowest BCUT2D eigenvalue weighted by Gasteiger charge is -2.13. The molecular formula is C18H21BrO2. The van der Waals surface area contributed by atoms with Crippen molar-refractivity contribution in [1.82, 2.24) is 0 Å². The Balaban J connectivity index is 2.02. The molecule has 21 heavy (non-hydrogen) atoms. The molecule has 2 rings (SSSR count). The maximum absolute atomic E-state index is 8.81. The third kappa shape index (κ3) is 5.18. The average molecular weight is 349 g/mol. The van der Waals surface area contributed by atoms with Gasteiger partial charge in [-0.15, -0.1) is 0 Å². The van der Waals surface area contributed by atoms with Crippen LogP contribution in [0, 0.1) is 0 Å². The van der Waals surface area contributed by atoms with Crippen LogP contribution in [0.1, 0.15) is 31.2 Å². The van der Waals surface area contributed by atoms with Crippen molar-refractivity contribution in [1.29, 1.82) is 0 Å². The van der Waals surface area contributed by atoms with Crippen LogP contribution in [-0.4, -0.2) is 11.7 Å². The van der Waals surface area contributed by atoms with Crippen molar-refractivity contribution in [3.8, 4) is 11.5 Å². The van der Waals surface area contributed by atoms with Gasteiger partial charge < -0.3 is 9.84 Å². The van der Waals surface area contributed by atoms with Gasteiger partial charge in [0.25, 0.3) is 0 Å². The maximum Gasteiger partial charge on any atom is 0.131 e. The molecule has 0 atom stereocenters. The van der Waals surface area contributed by atoms with Crippen molar-refractivity contribution in [2.45, 2.75) is 32.1 Å². The largest absolute Gasteiger partial charge is 0.457 e. The van der Waals surface area contributed by atoms with E-state index in [-0.39, 0.29) is 6.61 Å². The van der Waals surface area contributed by atoms with Gasteiger partial charge in [0.15, 0.2) is 0 Å². The third-order valence-corrected chi connectivity index (χ3v) is 4.12. The highest BCUT2D eigenvalue weighted by molar-refractivity contribution is 9.10. The van der Waals surface area contributed by atoms with Crippen molar-refractivity contribution in [3.63, 3.8) is 0 Å². The second kappa shape index (κ2) is 8.85. The van der Waals surface area contributed by atoms with Crippen molar-refractivity contribution >= 4 is 15.9 Å². The molecule has 0 aliphatic carbocycles. The first-order valence-corrected chi connectivity index (χ1v) is 8.21. The highest BCUT2D eigenvalue weighted by Gasteiger charge is 2.08. The zero-order chi connectivity index (χ0) is 14.9. The fourth-order valence-corrected chi connectivity index (χ4v) is 2.81. The van der Waals surface area contributed by atoms with Crippen molar-refractivity contribution < 1.29 is 9.84 Å². The molecule has 0 unspecified atom stereocenters. The van der Waals surface area contributed by atoms with E-state index < -0.39 is 0 Å². The molecule has 0 spiro atoms. The van der Waals surface area contributed by atoms with E-state index in [0.717, 1.165) is 48.1 Å². The van der Waals surface area contributed by atoms with E-state index in [1.54, 1.807) is 0 Å². The number of halogens is 1. The summed E-state index contributed by atoms with van der Waals surface area (Å²) in [5, 5.41) is 8.81. The molecule has 0 amide bonds. The minimum absolute atomic E-state index is 0.289. The first-order chi connectivity index (χ1) is 10.3.